The molecule has 1 saturated carbocycles. The predicted molar refractivity (Wildman–Crippen MR) is 64.0 cm³/mol. The number of rotatable bonds is 4. The average Bonchev–Trinajstić information content (AvgIpc) is 2.88. The van der Waals surface area contributed by atoms with Crippen LogP contribution in [-0.4, -0.2) is 30.9 Å². The smallest absolute Gasteiger partial charge is 0.347 e. The fourth-order valence-electron chi connectivity index (χ4n) is 1.95. The Balaban J connectivity index is 3.00. The highest BCUT2D eigenvalue weighted by Gasteiger charge is 2.72. The van der Waals surface area contributed by atoms with Crippen molar-refractivity contribution in [2.45, 2.75) is 44.9 Å². The van der Waals surface area contributed by atoms with Gasteiger partial charge >= 0.3 is 13.6 Å². The summed E-state index contributed by atoms with van der Waals surface area (Å²) in [5.74, 6) is -0.549. The molecular weight excluding hydrogens is 243 g/mol. The summed E-state index contributed by atoms with van der Waals surface area (Å²) >= 11 is 0. The summed E-state index contributed by atoms with van der Waals surface area (Å²) in [5, 5.41) is -1.12. The summed E-state index contributed by atoms with van der Waals surface area (Å²) < 4.78 is 27.6. The summed E-state index contributed by atoms with van der Waals surface area (Å²) in [5.41, 5.74) is -0.612. The standard InChI is InChI=1S/C11H21O5P/c1-8-7-11(8,17(13,14-5)15-6)9(12)16-10(2,3)4/h8H,7H2,1-6H3/t8-,11+/m1/s1. The molecule has 1 aliphatic rings. The average molecular weight is 264 g/mol. The van der Waals surface area contributed by atoms with E-state index in [1.165, 1.54) is 14.2 Å². The van der Waals surface area contributed by atoms with Crippen LogP contribution >= 0.6 is 7.60 Å². The molecule has 1 rings (SSSR count). The molecule has 1 aliphatic carbocycles. The number of esters is 1. The maximum atomic E-state index is 12.4. The second-order valence-electron chi connectivity index (χ2n) is 5.39. The van der Waals surface area contributed by atoms with Crippen molar-refractivity contribution in [3.63, 3.8) is 0 Å². The van der Waals surface area contributed by atoms with Crippen LogP contribution in [0.15, 0.2) is 0 Å². The van der Waals surface area contributed by atoms with E-state index in [2.05, 4.69) is 0 Å². The van der Waals surface area contributed by atoms with E-state index in [1.54, 1.807) is 20.8 Å². The summed E-state index contributed by atoms with van der Waals surface area (Å²) in [7, 11) is -0.860. The Morgan fingerprint density at radius 1 is 1.29 bits per heavy atom. The molecule has 0 unspecified atom stereocenters. The maximum absolute atomic E-state index is 12.4. The zero-order valence-corrected chi connectivity index (χ0v) is 12.2. The Morgan fingerprint density at radius 3 is 1.94 bits per heavy atom. The lowest BCUT2D eigenvalue weighted by Gasteiger charge is -2.27. The van der Waals surface area contributed by atoms with Crippen LogP contribution in [0.4, 0.5) is 0 Å². The summed E-state index contributed by atoms with van der Waals surface area (Å²) in [6.07, 6.45) is 0.473. The summed E-state index contributed by atoms with van der Waals surface area (Å²) in [6.45, 7) is 7.16. The molecule has 0 amide bonds. The molecule has 1 fully saturated rings. The van der Waals surface area contributed by atoms with Crippen LogP contribution in [0.1, 0.15) is 34.1 Å². The molecule has 0 spiro atoms. The van der Waals surface area contributed by atoms with Gasteiger partial charge in [-0.2, -0.15) is 0 Å². The fourth-order valence-corrected chi connectivity index (χ4v) is 4.06. The third kappa shape index (κ3) is 2.42. The fraction of sp³-hybridized carbons (Fsp3) is 0.909. The van der Waals surface area contributed by atoms with Crippen molar-refractivity contribution in [2.24, 2.45) is 5.92 Å². The van der Waals surface area contributed by atoms with Crippen LogP contribution < -0.4 is 0 Å². The Morgan fingerprint density at radius 2 is 1.71 bits per heavy atom. The zero-order chi connectivity index (χ0) is 13.5. The first-order valence-corrected chi connectivity index (χ1v) is 7.12. The van der Waals surface area contributed by atoms with E-state index >= 15 is 0 Å². The molecule has 5 nitrogen and oxygen atoms in total. The summed E-state index contributed by atoms with van der Waals surface area (Å²) in [4.78, 5) is 12.2. The van der Waals surface area contributed by atoms with Crippen molar-refractivity contribution in [1.82, 2.24) is 0 Å². The monoisotopic (exact) mass is 264 g/mol. The highest BCUT2D eigenvalue weighted by molar-refractivity contribution is 7.57. The Labute approximate surface area is 102 Å². The summed E-state index contributed by atoms with van der Waals surface area (Å²) in [6, 6.07) is 0. The van der Waals surface area contributed by atoms with Crippen LogP contribution in [0, 0.1) is 5.92 Å². The molecule has 0 radical (unpaired) electrons. The van der Waals surface area contributed by atoms with Gasteiger partial charge in [0, 0.05) is 14.2 Å². The topological polar surface area (TPSA) is 61.8 Å². The number of hydrogen-bond donors (Lipinski definition) is 0. The van der Waals surface area contributed by atoms with Crippen molar-refractivity contribution in [3.8, 4) is 0 Å². The molecule has 100 valence electrons. The van der Waals surface area contributed by atoms with Crippen LogP contribution in [0.5, 0.6) is 0 Å². The minimum absolute atomic E-state index is 0.0527. The largest absolute Gasteiger partial charge is 0.459 e. The van der Waals surface area contributed by atoms with Gasteiger partial charge < -0.3 is 13.8 Å². The lowest BCUT2D eigenvalue weighted by Crippen LogP contribution is -2.35. The SMILES string of the molecule is COP(=O)(OC)[C@@]1(C(=O)OC(C)(C)C)C[C@H]1C. The van der Waals surface area contributed by atoms with Gasteiger partial charge in [0.2, 0.25) is 0 Å². The normalized spacial score (nSPS) is 28.9. The molecule has 0 aromatic carbocycles. The van der Waals surface area contributed by atoms with Gasteiger partial charge in [-0.25, -0.2) is 0 Å². The number of carbonyl (C=O) groups excluding carboxylic acids is 1. The van der Waals surface area contributed by atoms with Gasteiger partial charge in [-0.15, -0.1) is 0 Å². The van der Waals surface area contributed by atoms with E-state index in [4.69, 9.17) is 13.8 Å². The molecule has 0 aromatic heterocycles. The number of ether oxygens (including phenoxy) is 1. The lowest BCUT2D eigenvalue weighted by molar-refractivity contribution is -0.156. The maximum Gasteiger partial charge on any atom is 0.347 e. The zero-order valence-electron chi connectivity index (χ0n) is 11.3. The molecule has 0 saturated heterocycles. The Kier molecular flexibility index (Phi) is 3.78. The van der Waals surface area contributed by atoms with Gasteiger partial charge in [-0.3, -0.25) is 9.36 Å². The molecule has 0 bridgehead atoms. The van der Waals surface area contributed by atoms with Crippen LogP contribution in [-0.2, 0) is 23.1 Å². The van der Waals surface area contributed by atoms with Gasteiger partial charge in [-0.05, 0) is 33.1 Å². The van der Waals surface area contributed by atoms with Crippen molar-refractivity contribution in [1.29, 1.82) is 0 Å². The minimum Gasteiger partial charge on any atom is -0.459 e. The molecular formula is C11H21O5P. The van der Waals surface area contributed by atoms with Crippen molar-refractivity contribution in [2.75, 3.05) is 14.2 Å². The highest BCUT2D eigenvalue weighted by atomic mass is 31.2. The highest BCUT2D eigenvalue weighted by Crippen LogP contribution is 2.73. The number of hydrogen-bond acceptors (Lipinski definition) is 5. The van der Waals surface area contributed by atoms with Gasteiger partial charge in [0.25, 0.3) is 0 Å². The van der Waals surface area contributed by atoms with E-state index in [-0.39, 0.29) is 5.92 Å². The third-order valence-electron chi connectivity index (χ3n) is 2.99. The first-order chi connectivity index (χ1) is 7.63. The third-order valence-corrected chi connectivity index (χ3v) is 5.74. The second kappa shape index (κ2) is 4.38. The second-order valence-corrected chi connectivity index (χ2v) is 7.92. The van der Waals surface area contributed by atoms with E-state index in [0.717, 1.165) is 0 Å². The first-order valence-electron chi connectivity index (χ1n) is 5.58. The first kappa shape index (κ1) is 14.7. The van der Waals surface area contributed by atoms with Gasteiger partial charge in [0.1, 0.15) is 5.60 Å². The van der Waals surface area contributed by atoms with E-state index in [1.807, 2.05) is 6.92 Å². The molecule has 6 heteroatoms. The van der Waals surface area contributed by atoms with Crippen molar-refractivity contribution in [3.05, 3.63) is 0 Å². The Hall–Kier alpha value is -0.380. The quantitative estimate of drug-likeness (QED) is 0.577. The van der Waals surface area contributed by atoms with Gasteiger partial charge in [0.05, 0.1) is 0 Å². The molecule has 17 heavy (non-hydrogen) atoms. The van der Waals surface area contributed by atoms with Crippen molar-refractivity contribution < 1.29 is 23.1 Å². The molecule has 0 N–H and O–H groups in total. The Bertz CT molecular complexity index is 351. The molecule has 0 aliphatic heterocycles. The molecule has 0 heterocycles. The van der Waals surface area contributed by atoms with Gasteiger partial charge in [-0.1, -0.05) is 6.92 Å². The molecule has 0 aromatic rings. The molecule has 2 atom stereocenters. The van der Waals surface area contributed by atoms with E-state index < -0.39 is 24.3 Å². The van der Waals surface area contributed by atoms with Crippen molar-refractivity contribution >= 4 is 13.6 Å². The van der Waals surface area contributed by atoms with E-state index in [9.17, 15) is 9.36 Å². The van der Waals surface area contributed by atoms with Crippen LogP contribution in [0.25, 0.3) is 0 Å². The van der Waals surface area contributed by atoms with Crippen LogP contribution in [0.2, 0.25) is 0 Å². The van der Waals surface area contributed by atoms with E-state index in [0.29, 0.717) is 6.42 Å². The number of carbonyl (C=O) groups is 1. The minimum atomic E-state index is -3.45. The van der Waals surface area contributed by atoms with Crippen LogP contribution in [0.3, 0.4) is 0 Å². The lowest BCUT2D eigenvalue weighted by atomic mass is 10.2. The predicted octanol–water partition coefficient (Wildman–Crippen LogP) is 2.59. The van der Waals surface area contributed by atoms with Gasteiger partial charge in [0.15, 0.2) is 5.16 Å².